The van der Waals surface area contributed by atoms with Crippen molar-refractivity contribution in [2.45, 2.75) is 68.7 Å². The van der Waals surface area contributed by atoms with E-state index in [0.29, 0.717) is 54.7 Å². The fourth-order valence-corrected chi connectivity index (χ4v) is 7.52. The van der Waals surface area contributed by atoms with Crippen molar-refractivity contribution in [3.63, 3.8) is 0 Å². The first-order valence-corrected chi connectivity index (χ1v) is 16.7. The lowest BCUT2D eigenvalue weighted by molar-refractivity contribution is -0.145. The van der Waals surface area contributed by atoms with Crippen LogP contribution in [0.25, 0.3) is 5.65 Å². The molecular weight excluding hydrogens is 655 g/mol. The Morgan fingerprint density at radius 2 is 1.90 bits per heavy atom. The summed E-state index contributed by atoms with van der Waals surface area (Å²) in [7, 11) is -2.50. The Kier molecular flexibility index (Phi) is 8.85. The van der Waals surface area contributed by atoms with E-state index >= 15 is 0 Å². The summed E-state index contributed by atoms with van der Waals surface area (Å²) < 4.78 is 87.7. The number of ether oxygens (including phenoxy) is 3. The van der Waals surface area contributed by atoms with Gasteiger partial charge < -0.3 is 19.3 Å². The van der Waals surface area contributed by atoms with E-state index in [4.69, 9.17) is 14.2 Å². The second kappa shape index (κ2) is 12.6. The van der Waals surface area contributed by atoms with Crippen LogP contribution in [0.1, 0.15) is 65.2 Å². The quantitative estimate of drug-likeness (QED) is 0.216. The van der Waals surface area contributed by atoms with E-state index < -0.39 is 39.5 Å². The number of hydrogen-bond acceptors (Lipinski definition) is 9. The standard InChI is InChI=1S/C32H34F3N5O7S/c1-19-5-6-21(24(16-27(41)42)23-9-12-40-28(20(23)2)37-38-30(40)32(33,34)35)15-22(19)17-39-18-31(10-11-31)47-29-25(48(39,43)44)7-8-26(36-29)46-14-4-13-45-3/h5-9,12,15,24H,4,10-11,13-14,16-18H2,1-3H3,(H,41,42)/t24-/m0/s1. The molecule has 0 unspecified atom stereocenters. The van der Waals surface area contributed by atoms with E-state index in [0.717, 1.165) is 9.96 Å². The van der Waals surface area contributed by atoms with Crippen molar-refractivity contribution in [3.8, 4) is 11.8 Å². The first kappa shape index (κ1) is 33.6. The predicted molar refractivity (Wildman–Crippen MR) is 164 cm³/mol. The van der Waals surface area contributed by atoms with Crippen LogP contribution in [0.2, 0.25) is 0 Å². The number of pyridine rings is 2. The summed E-state index contributed by atoms with van der Waals surface area (Å²) in [5.41, 5.74) is 2.01. The highest BCUT2D eigenvalue weighted by Gasteiger charge is 2.52. The second-order valence-electron chi connectivity index (χ2n) is 12.2. The van der Waals surface area contributed by atoms with Crippen molar-refractivity contribution in [2.75, 3.05) is 26.9 Å². The van der Waals surface area contributed by atoms with E-state index in [1.54, 1.807) is 32.2 Å². The lowest BCUT2D eigenvalue weighted by Crippen LogP contribution is -2.38. The molecule has 16 heteroatoms. The van der Waals surface area contributed by atoms with Crippen molar-refractivity contribution in [1.82, 2.24) is 23.9 Å². The van der Waals surface area contributed by atoms with Crippen LogP contribution >= 0.6 is 0 Å². The number of hydrogen-bond donors (Lipinski definition) is 1. The molecule has 2 aliphatic rings. The fourth-order valence-electron chi connectivity index (χ4n) is 5.98. The molecule has 6 rings (SSSR count). The van der Waals surface area contributed by atoms with Gasteiger partial charge in [0, 0.05) is 44.9 Å². The van der Waals surface area contributed by atoms with Crippen LogP contribution in [0.3, 0.4) is 0 Å². The maximum atomic E-state index is 14.1. The van der Waals surface area contributed by atoms with E-state index in [2.05, 4.69) is 15.2 Å². The third-order valence-corrected chi connectivity index (χ3v) is 10.5. The van der Waals surface area contributed by atoms with Crippen LogP contribution in [0.15, 0.2) is 47.5 Å². The Hall–Kier alpha value is -4.28. The van der Waals surface area contributed by atoms with Crippen LogP contribution < -0.4 is 9.47 Å². The zero-order valence-electron chi connectivity index (χ0n) is 26.5. The second-order valence-corrected chi connectivity index (χ2v) is 14.1. The number of aliphatic carboxylic acids is 1. The van der Waals surface area contributed by atoms with Gasteiger partial charge in [0.25, 0.3) is 0 Å². The summed E-state index contributed by atoms with van der Waals surface area (Å²) >= 11 is 0. The molecule has 4 heterocycles. The Balaban J connectivity index is 1.34. The lowest BCUT2D eigenvalue weighted by Gasteiger charge is -2.25. The van der Waals surface area contributed by atoms with E-state index in [1.807, 2.05) is 6.92 Å². The van der Waals surface area contributed by atoms with Gasteiger partial charge in [-0.25, -0.2) is 8.42 Å². The molecule has 1 fully saturated rings. The SMILES string of the molecule is COCCCOc1ccc2c(n1)OC1(CC1)CN(Cc1cc([C@H](CC(=O)O)c3ccn4c(C(F)(F)F)nnc4c3C)ccc1C)S2(=O)=O. The highest BCUT2D eigenvalue weighted by Crippen LogP contribution is 2.46. The highest BCUT2D eigenvalue weighted by atomic mass is 32.2. The number of nitrogens with zero attached hydrogens (tertiary/aromatic N) is 5. The topological polar surface area (TPSA) is 145 Å². The normalized spacial score (nSPS) is 17.5. The first-order valence-electron chi connectivity index (χ1n) is 15.3. The summed E-state index contributed by atoms with van der Waals surface area (Å²) in [5.74, 6) is -2.85. The van der Waals surface area contributed by atoms with Gasteiger partial charge in [-0.1, -0.05) is 18.2 Å². The van der Waals surface area contributed by atoms with Crippen LogP contribution in [0, 0.1) is 13.8 Å². The number of halogens is 3. The molecule has 1 N–H and O–H groups in total. The van der Waals surface area contributed by atoms with Crippen molar-refractivity contribution in [1.29, 1.82) is 0 Å². The molecule has 1 saturated carbocycles. The minimum Gasteiger partial charge on any atom is -0.481 e. The number of aromatic nitrogens is 4. The molecule has 12 nitrogen and oxygen atoms in total. The van der Waals surface area contributed by atoms with E-state index in [-0.39, 0.29) is 41.8 Å². The average molecular weight is 690 g/mol. The number of benzene rings is 1. The van der Waals surface area contributed by atoms with Crippen LogP contribution in [-0.4, -0.2) is 75.9 Å². The Morgan fingerprint density at radius 1 is 1.12 bits per heavy atom. The van der Waals surface area contributed by atoms with Gasteiger partial charge in [0.1, 0.15) is 10.5 Å². The third kappa shape index (κ3) is 6.56. The molecule has 1 aliphatic heterocycles. The molecule has 0 bridgehead atoms. The Morgan fingerprint density at radius 3 is 2.58 bits per heavy atom. The van der Waals surface area contributed by atoms with Gasteiger partial charge in [-0.2, -0.15) is 22.5 Å². The van der Waals surface area contributed by atoms with Gasteiger partial charge in [-0.3, -0.25) is 9.20 Å². The fraction of sp³-hybridized carbons (Fsp3) is 0.438. The monoisotopic (exact) mass is 689 g/mol. The summed E-state index contributed by atoms with van der Waals surface area (Å²) in [6.07, 6.45) is -2.00. The molecule has 1 spiro atoms. The van der Waals surface area contributed by atoms with Gasteiger partial charge in [-0.15, -0.1) is 10.2 Å². The molecule has 0 saturated heterocycles. The highest BCUT2D eigenvalue weighted by molar-refractivity contribution is 7.89. The summed E-state index contributed by atoms with van der Waals surface area (Å²) in [6, 6.07) is 9.65. The van der Waals surface area contributed by atoms with Crippen LogP contribution in [-0.2, 0) is 32.3 Å². The zero-order chi connectivity index (χ0) is 34.4. The number of aryl methyl sites for hydroxylation is 2. The van der Waals surface area contributed by atoms with Gasteiger partial charge in [-0.05, 0) is 66.6 Å². The van der Waals surface area contributed by atoms with Crippen LogP contribution in [0.5, 0.6) is 11.8 Å². The molecule has 3 aromatic heterocycles. The molecule has 0 amide bonds. The van der Waals surface area contributed by atoms with Crippen molar-refractivity contribution in [3.05, 3.63) is 76.2 Å². The number of carbonyl (C=O) groups is 1. The van der Waals surface area contributed by atoms with Crippen molar-refractivity contribution < 1.29 is 45.7 Å². The number of fused-ring (bicyclic) bond motifs is 2. The molecule has 0 radical (unpaired) electrons. The molecule has 4 aromatic rings. The number of rotatable bonds is 11. The minimum absolute atomic E-state index is 0.0146. The van der Waals surface area contributed by atoms with Gasteiger partial charge in [0.2, 0.25) is 27.6 Å². The Bertz CT molecular complexity index is 1980. The van der Waals surface area contributed by atoms with Gasteiger partial charge >= 0.3 is 12.1 Å². The smallest absolute Gasteiger partial charge is 0.452 e. The molecule has 1 atom stereocenters. The summed E-state index contributed by atoms with van der Waals surface area (Å²) in [6.45, 7) is 4.30. The molecule has 1 aromatic carbocycles. The average Bonchev–Trinajstić information content (AvgIpc) is 3.63. The largest absolute Gasteiger partial charge is 0.481 e. The molecule has 1 aliphatic carbocycles. The third-order valence-electron chi connectivity index (χ3n) is 8.74. The first-order chi connectivity index (χ1) is 22.7. The minimum atomic E-state index is -4.73. The molecular formula is C32H34F3N5O7S. The van der Waals surface area contributed by atoms with E-state index in [1.165, 1.54) is 28.7 Å². The molecule has 48 heavy (non-hydrogen) atoms. The summed E-state index contributed by atoms with van der Waals surface area (Å²) in [5, 5.41) is 16.9. The van der Waals surface area contributed by atoms with E-state index in [9.17, 15) is 31.5 Å². The van der Waals surface area contributed by atoms with Gasteiger partial charge in [0.15, 0.2) is 5.65 Å². The van der Waals surface area contributed by atoms with Gasteiger partial charge in [0.05, 0.1) is 19.6 Å². The van der Waals surface area contributed by atoms with Crippen molar-refractivity contribution in [2.24, 2.45) is 0 Å². The maximum absolute atomic E-state index is 14.1. The Labute approximate surface area is 274 Å². The summed E-state index contributed by atoms with van der Waals surface area (Å²) in [4.78, 5) is 16.4. The zero-order valence-corrected chi connectivity index (χ0v) is 27.3. The number of sulfonamides is 1. The number of carboxylic acid groups (broad SMARTS) is 1. The number of methoxy groups -OCH3 is 1. The van der Waals surface area contributed by atoms with Crippen molar-refractivity contribution >= 4 is 21.6 Å². The van der Waals surface area contributed by atoms with Crippen LogP contribution in [0.4, 0.5) is 13.2 Å². The predicted octanol–water partition coefficient (Wildman–Crippen LogP) is 4.90. The number of carboxylic acids is 1. The lowest BCUT2D eigenvalue weighted by atomic mass is 9.85. The number of alkyl halides is 3. The molecule has 256 valence electrons. The maximum Gasteiger partial charge on any atom is 0.452 e.